The normalized spacial score (nSPS) is 15.2. The molecule has 1 saturated heterocycles. The van der Waals surface area contributed by atoms with Crippen molar-refractivity contribution in [1.82, 2.24) is 14.4 Å². The summed E-state index contributed by atoms with van der Waals surface area (Å²) in [6.45, 7) is 3.96. The Hall–Kier alpha value is -2.57. The number of rotatable bonds is 6. The van der Waals surface area contributed by atoms with E-state index in [4.69, 9.17) is 10.3 Å². The van der Waals surface area contributed by atoms with Crippen LogP contribution in [0.15, 0.2) is 38.6 Å². The van der Waals surface area contributed by atoms with Crippen LogP contribution in [0, 0.1) is 13.8 Å². The average molecular weight is 454 g/mol. The molecule has 1 aliphatic heterocycles. The third-order valence-corrected chi connectivity index (χ3v) is 7.83. The summed E-state index contributed by atoms with van der Waals surface area (Å²) in [5.41, 5.74) is 6.08. The lowest BCUT2D eigenvalue weighted by atomic mass is 10.3. The molecule has 1 fully saturated rings. The Morgan fingerprint density at radius 1 is 1.20 bits per heavy atom. The molecule has 162 valence electrons. The van der Waals surface area contributed by atoms with Crippen LogP contribution in [0.3, 0.4) is 0 Å². The number of carbonyl (C=O) groups is 2. The summed E-state index contributed by atoms with van der Waals surface area (Å²) in [6.07, 6.45) is 0. The topological polar surface area (TPSA) is 139 Å². The molecule has 0 spiro atoms. The van der Waals surface area contributed by atoms with E-state index in [2.05, 4.69) is 10.5 Å². The zero-order valence-corrected chi connectivity index (χ0v) is 18.3. The number of para-hydroxylation sites is 1. The van der Waals surface area contributed by atoms with Crippen molar-refractivity contribution in [2.45, 2.75) is 23.6 Å². The minimum absolute atomic E-state index is 0.0841. The number of benzene rings is 1. The molecule has 2 aromatic rings. The van der Waals surface area contributed by atoms with Crippen molar-refractivity contribution in [3.63, 3.8) is 0 Å². The molecule has 30 heavy (non-hydrogen) atoms. The van der Waals surface area contributed by atoms with E-state index in [9.17, 15) is 18.0 Å². The molecule has 0 radical (unpaired) electrons. The number of urea groups is 1. The van der Waals surface area contributed by atoms with Crippen LogP contribution in [-0.2, 0) is 14.8 Å². The number of nitrogens with two attached hydrogens (primary N) is 1. The van der Waals surface area contributed by atoms with Gasteiger partial charge in [-0.15, -0.1) is 11.8 Å². The summed E-state index contributed by atoms with van der Waals surface area (Å²) in [6, 6.07) is 6.77. The number of amides is 3. The fraction of sp³-hybridized carbons (Fsp3) is 0.389. The number of nitrogens with one attached hydrogen (secondary N) is 1. The molecular weight excluding hydrogens is 430 g/mol. The second kappa shape index (κ2) is 9.06. The van der Waals surface area contributed by atoms with E-state index >= 15 is 0 Å². The van der Waals surface area contributed by atoms with Crippen molar-refractivity contribution in [3.05, 3.63) is 35.7 Å². The van der Waals surface area contributed by atoms with Crippen molar-refractivity contribution in [1.29, 1.82) is 0 Å². The molecular formula is C18H23N5O5S2. The quantitative estimate of drug-likeness (QED) is 0.630. The van der Waals surface area contributed by atoms with Crippen molar-refractivity contribution in [2.75, 3.05) is 37.2 Å². The monoisotopic (exact) mass is 453 g/mol. The fourth-order valence-corrected chi connectivity index (χ4v) is 5.60. The number of aromatic nitrogens is 1. The maximum Gasteiger partial charge on any atom is 0.321 e. The Kier molecular flexibility index (Phi) is 6.68. The lowest BCUT2D eigenvalue weighted by Crippen LogP contribution is -2.51. The smallest absolute Gasteiger partial charge is 0.321 e. The first-order valence-corrected chi connectivity index (χ1v) is 11.6. The SMILES string of the molecule is Cc1noc(C)c1S(=O)(=O)N1CCN(C(=O)Nc2ccccc2SCC(N)=O)CC1. The van der Waals surface area contributed by atoms with Gasteiger partial charge in [-0.1, -0.05) is 17.3 Å². The second-order valence-electron chi connectivity index (χ2n) is 6.73. The van der Waals surface area contributed by atoms with Gasteiger partial charge in [-0.2, -0.15) is 4.31 Å². The molecule has 2 heterocycles. The number of primary amides is 1. The first-order valence-electron chi connectivity index (χ1n) is 9.19. The molecule has 0 aliphatic carbocycles. The Labute approximate surface area is 178 Å². The summed E-state index contributed by atoms with van der Waals surface area (Å²) in [7, 11) is -3.74. The van der Waals surface area contributed by atoms with Gasteiger partial charge in [0.05, 0.1) is 11.4 Å². The maximum atomic E-state index is 12.9. The molecule has 1 aromatic carbocycles. The number of sulfonamides is 1. The summed E-state index contributed by atoms with van der Waals surface area (Å²) in [5.74, 6) is -0.0972. The molecule has 0 atom stereocenters. The summed E-state index contributed by atoms with van der Waals surface area (Å²) >= 11 is 1.24. The van der Waals surface area contributed by atoms with Gasteiger partial charge in [0.1, 0.15) is 10.6 Å². The number of nitrogens with zero attached hydrogens (tertiary/aromatic N) is 3. The number of carbonyl (C=O) groups excluding carboxylic acids is 2. The number of thioether (sulfide) groups is 1. The molecule has 3 amide bonds. The van der Waals surface area contributed by atoms with E-state index in [-0.39, 0.29) is 48.6 Å². The van der Waals surface area contributed by atoms with Gasteiger partial charge in [-0.05, 0) is 26.0 Å². The van der Waals surface area contributed by atoms with Crippen LogP contribution in [-0.4, -0.2) is 66.6 Å². The Balaban J connectivity index is 1.63. The van der Waals surface area contributed by atoms with Gasteiger partial charge >= 0.3 is 6.03 Å². The summed E-state index contributed by atoms with van der Waals surface area (Å²) in [5, 5.41) is 6.54. The van der Waals surface area contributed by atoms with Crippen molar-refractivity contribution < 1.29 is 22.5 Å². The molecule has 10 nitrogen and oxygen atoms in total. The van der Waals surface area contributed by atoms with Gasteiger partial charge in [0.2, 0.25) is 15.9 Å². The maximum absolute atomic E-state index is 12.9. The third-order valence-electron chi connectivity index (χ3n) is 4.59. The van der Waals surface area contributed by atoms with Gasteiger partial charge in [-0.25, -0.2) is 13.2 Å². The van der Waals surface area contributed by atoms with E-state index in [1.807, 2.05) is 0 Å². The zero-order chi connectivity index (χ0) is 21.9. The zero-order valence-electron chi connectivity index (χ0n) is 16.6. The Morgan fingerprint density at radius 2 is 1.87 bits per heavy atom. The molecule has 12 heteroatoms. The molecule has 0 saturated carbocycles. The van der Waals surface area contributed by atoms with E-state index < -0.39 is 15.9 Å². The lowest BCUT2D eigenvalue weighted by Gasteiger charge is -2.34. The molecule has 3 rings (SSSR count). The van der Waals surface area contributed by atoms with Gasteiger partial charge < -0.3 is 20.5 Å². The van der Waals surface area contributed by atoms with Crippen molar-refractivity contribution >= 4 is 39.4 Å². The van der Waals surface area contributed by atoms with Crippen LogP contribution in [0.4, 0.5) is 10.5 Å². The van der Waals surface area contributed by atoms with Crippen LogP contribution >= 0.6 is 11.8 Å². The fourth-order valence-electron chi connectivity index (χ4n) is 3.14. The predicted octanol–water partition coefficient (Wildman–Crippen LogP) is 1.41. The van der Waals surface area contributed by atoms with Crippen LogP contribution in [0.5, 0.6) is 0 Å². The largest absolute Gasteiger partial charge is 0.369 e. The minimum atomic E-state index is -3.74. The first-order chi connectivity index (χ1) is 14.2. The predicted molar refractivity (Wildman–Crippen MR) is 112 cm³/mol. The average Bonchev–Trinajstić information content (AvgIpc) is 3.06. The van der Waals surface area contributed by atoms with E-state index in [0.717, 1.165) is 4.90 Å². The molecule has 1 aromatic heterocycles. The van der Waals surface area contributed by atoms with Crippen molar-refractivity contribution in [3.8, 4) is 0 Å². The van der Waals surface area contributed by atoms with Crippen LogP contribution in [0.1, 0.15) is 11.5 Å². The highest BCUT2D eigenvalue weighted by Crippen LogP contribution is 2.28. The summed E-state index contributed by atoms with van der Waals surface area (Å²) in [4.78, 5) is 26.1. The van der Waals surface area contributed by atoms with Crippen molar-refractivity contribution in [2.24, 2.45) is 5.73 Å². The highest BCUT2D eigenvalue weighted by molar-refractivity contribution is 8.00. The third kappa shape index (κ3) is 4.77. The highest BCUT2D eigenvalue weighted by Gasteiger charge is 2.34. The number of anilines is 1. The van der Waals surface area contributed by atoms with Crippen LogP contribution in [0.2, 0.25) is 0 Å². The van der Waals surface area contributed by atoms with E-state index in [1.54, 1.807) is 43.0 Å². The van der Waals surface area contributed by atoms with E-state index in [1.165, 1.54) is 16.1 Å². The van der Waals surface area contributed by atoms with Gasteiger partial charge in [0, 0.05) is 31.1 Å². The molecule has 3 N–H and O–H groups in total. The minimum Gasteiger partial charge on any atom is -0.369 e. The number of piperazine rings is 1. The molecule has 0 unspecified atom stereocenters. The summed E-state index contributed by atoms with van der Waals surface area (Å²) < 4.78 is 32.1. The number of aryl methyl sites for hydroxylation is 2. The standard InChI is InChI=1S/C18H23N5O5S2/c1-12-17(13(2)28-21-12)30(26,27)23-9-7-22(8-10-23)18(25)20-14-5-3-4-6-15(14)29-11-16(19)24/h3-6H,7-11H2,1-2H3,(H2,19,24)(H,20,25). The molecule has 0 bridgehead atoms. The van der Waals surface area contributed by atoms with Gasteiger partial charge in [0.25, 0.3) is 0 Å². The number of hydrogen-bond donors (Lipinski definition) is 2. The van der Waals surface area contributed by atoms with Gasteiger partial charge in [-0.3, -0.25) is 4.79 Å². The number of hydrogen-bond acceptors (Lipinski definition) is 7. The Bertz CT molecular complexity index is 1030. The molecule has 1 aliphatic rings. The highest BCUT2D eigenvalue weighted by atomic mass is 32.2. The second-order valence-corrected chi connectivity index (χ2v) is 9.62. The van der Waals surface area contributed by atoms with Crippen LogP contribution in [0.25, 0.3) is 0 Å². The van der Waals surface area contributed by atoms with Crippen LogP contribution < -0.4 is 11.1 Å². The first kappa shape index (κ1) is 22.1. The lowest BCUT2D eigenvalue weighted by molar-refractivity contribution is -0.115. The Morgan fingerprint density at radius 3 is 2.47 bits per heavy atom. The van der Waals surface area contributed by atoms with Gasteiger partial charge in [0.15, 0.2) is 5.76 Å². The van der Waals surface area contributed by atoms with E-state index in [0.29, 0.717) is 11.4 Å².